The Morgan fingerprint density at radius 2 is 2.31 bits per heavy atom. The number of benzene rings is 1. The van der Waals surface area contributed by atoms with Crippen LogP contribution in [0.5, 0.6) is 5.75 Å². The summed E-state index contributed by atoms with van der Waals surface area (Å²) in [5.41, 5.74) is 1.18. The van der Waals surface area contributed by atoms with Crippen LogP contribution in [0.4, 0.5) is 5.69 Å². The van der Waals surface area contributed by atoms with Crippen molar-refractivity contribution in [3.8, 4) is 5.75 Å². The summed E-state index contributed by atoms with van der Waals surface area (Å²) in [6.45, 7) is 2.14. The minimum absolute atomic E-state index is 0.443. The molecule has 1 aromatic rings. The van der Waals surface area contributed by atoms with E-state index in [4.69, 9.17) is 4.74 Å². The van der Waals surface area contributed by atoms with Gasteiger partial charge in [0, 0.05) is 9.37 Å². The first-order valence-corrected chi connectivity index (χ1v) is 5.68. The SMILES string of the molecule is COc1cc(Br)c2c(c1)SC(C)N2. The molecule has 0 saturated heterocycles. The summed E-state index contributed by atoms with van der Waals surface area (Å²) in [5.74, 6) is 0.897. The van der Waals surface area contributed by atoms with Crippen LogP contribution in [0.2, 0.25) is 0 Å². The van der Waals surface area contributed by atoms with Crippen LogP contribution in [-0.4, -0.2) is 12.5 Å². The molecule has 1 aromatic carbocycles. The Labute approximate surface area is 90.2 Å². The molecular formula is C9H10BrNOS. The van der Waals surface area contributed by atoms with Crippen LogP contribution in [0.1, 0.15) is 6.92 Å². The van der Waals surface area contributed by atoms with Crippen molar-refractivity contribution in [1.29, 1.82) is 0 Å². The van der Waals surface area contributed by atoms with E-state index in [-0.39, 0.29) is 0 Å². The minimum atomic E-state index is 0.443. The van der Waals surface area contributed by atoms with E-state index in [1.807, 2.05) is 17.8 Å². The summed E-state index contributed by atoms with van der Waals surface area (Å²) < 4.78 is 6.25. The molecule has 0 aliphatic carbocycles. The number of rotatable bonds is 1. The maximum Gasteiger partial charge on any atom is 0.121 e. The molecule has 13 heavy (non-hydrogen) atoms. The lowest BCUT2D eigenvalue weighted by atomic mass is 10.3. The standard InChI is InChI=1S/C9H10BrNOS/c1-5-11-9-7(10)3-6(12-2)4-8(9)13-5/h3-5,11H,1-2H3. The van der Waals surface area contributed by atoms with E-state index in [0.717, 1.165) is 10.2 Å². The van der Waals surface area contributed by atoms with Gasteiger partial charge < -0.3 is 10.1 Å². The lowest BCUT2D eigenvalue weighted by Crippen LogP contribution is -2.03. The number of nitrogens with one attached hydrogen (secondary N) is 1. The molecule has 4 heteroatoms. The van der Waals surface area contributed by atoms with E-state index in [1.165, 1.54) is 10.6 Å². The Morgan fingerprint density at radius 1 is 1.54 bits per heavy atom. The molecule has 0 saturated carbocycles. The van der Waals surface area contributed by atoms with E-state index in [2.05, 4.69) is 34.2 Å². The fraction of sp³-hybridized carbons (Fsp3) is 0.333. The number of thioether (sulfide) groups is 1. The van der Waals surface area contributed by atoms with Gasteiger partial charge >= 0.3 is 0 Å². The number of fused-ring (bicyclic) bond motifs is 1. The van der Waals surface area contributed by atoms with Gasteiger partial charge in [-0.05, 0) is 35.0 Å². The highest BCUT2D eigenvalue weighted by Crippen LogP contribution is 2.44. The van der Waals surface area contributed by atoms with Crippen LogP contribution >= 0.6 is 27.7 Å². The van der Waals surface area contributed by atoms with Gasteiger partial charge in [0.25, 0.3) is 0 Å². The topological polar surface area (TPSA) is 21.3 Å². The molecule has 1 unspecified atom stereocenters. The number of halogens is 1. The third kappa shape index (κ3) is 1.65. The van der Waals surface area contributed by atoms with Crippen LogP contribution in [0.25, 0.3) is 0 Å². The molecule has 0 amide bonds. The fourth-order valence-corrected chi connectivity index (χ4v) is 3.05. The molecule has 2 rings (SSSR count). The third-order valence-electron chi connectivity index (χ3n) is 1.91. The van der Waals surface area contributed by atoms with E-state index >= 15 is 0 Å². The number of anilines is 1. The van der Waals surface area contributed by atoms with Crippen molar-refractivity contribution >= 4 is 33.4 Å². The highest BCUT2D eigenvalue weighted by atomic mass is 79.9. The Morgan fingerprint density at radius 3 is 3.00 bits per heavy atom. The molecule has 1 heterocycles. The van der Waals surface area contributed by atoms with Crippen molar-refractivity contribution in [3.63, 3.8) is 0 Å². The highest BCUT2D eigenvalue weighted by Gasteiger charge is 2.20. The minimum Gasteiger partial charge on any atom is -0.497 e. The largest absolute Gasteiger partial charge is 0.497 e. The fourth-order valence-electron chi connectivity index (χ4n) is 1.33. The molecule has 0 fully saturated rings. The lowest BCUT2D eigenvalue weighted by molar-refractivity contribution is 0.413. The van der Waals surface area contributed by atoms with Gasteiger partial charge in [-0.3, -0.25) is 0 Å². The van der Waals surface area contributed by atoms with Crippen LogP contribution < -0.4 is 10.1 Å². The predicted molar refractivity (Wildman–Crippen MR) is 59.6 cm³/mol. The Hall–Kier alpha value is -0.350. The molecule has 0 aromatic heterocycles. The van der Waals surface area contributed by atoms with Crippen molar-refractivity contribution < 1.29 is 4.74 Å². The summed E-state index contributed by atoms with van der Waals surface area (Å²) >= 11 is 5.32. The first-order chi connectivity index (χ1) is 6.20. The van der Waals surface area contributed by atoms with Gasteiger partial charge in [0.15, 0.2) is 0 Å². The summed E-state index contributed by atoms with van der Waals surface area (Å²) in [4.78, 5) is 1.25. The van der Waals surface area contributed by atoms with Crippen LogP contribution in [0.3, 0.4) is 0 Å². The van der Waals surface area contributed by atoms with E-state index in [9.17, 15) is 0 Å². The van der Waals surface area contributed by atoms with E-state index in [1.54, 1.807) is 7.11 Å². The number of methoxy groups -OCH3 is 1. The van der Waals surface area contributed by atoms with Gasteiger partial charge in [-0.15, -0.1) is 0 Å². The summed E-state index contributed by atoms with van der Waals surface area (Å²) in [6.07, 6.45) is 0. The zero-order chi connectivity index (χ0) is 9.42. The molecule has 1 atom stereocenters. The molecule has 1 aliphatic heterocycles. The zero-order valence-electron chi connectivity index (χ0n) is 7.43. The zero-order valence-corrected chi connectivity index (χ0v) is 9.83. The second-order valence-electron chi connectivity index (χ2n) is 2.89. The average Bonchev–Trinajstić information content (AvgIpc) is 2.46. The predicted octanol–water partition coefficient (Wildman–Crippen LogP) is 3.32. The van der Waals surface area contributed by atoms with Crippen molar-refractivity contribution in [2.45, 2.75) is 17.2 Å². The second-order valence-corrected chi connectivity index (χ2v) is 5.12. The summed E-state index contributed by atoms with van der Waals surface area (Å²) in [7, 11) is 1.69. The Kier molecular flexibility index (Phi) is 2.43. The summed E-state index contributed by atoms with van der Waals surface area (Å²) in [5, 5.41) is 3.82. The second kappa shape index (κ2) is 3.42. The number of hydrogen-bond acceptors (Lipinski definition) is 3. The first-order valence-electron chi connectivity index (χ1n) is 4.01. The molecular weight excluding hydrogens is 250 g/mol. The van der Waals surface area contributed by atoms with Crippen LogP contribution in [0, 0.1) is 0 Å². The van der Waals surface area contributed by atoms with Gasteiger partial charge in [-0.2, -0.15) is 0 Å². The molecule has 70 valence electrons. The molecule has 0 bridgehead atoms. The van der Waals surface area contributed by atoms with Crippen LogP contribution in [0.15, 0.2) is 21.5 Å². The molecule has 0 radical (unpaired) electrons. The van der Waals surface area contributed by atoms with Crippen molar-refractivity contribution in [1.82, 2.24) is 0 Å². The lowest BCUT2D eigenvalue weighted by Gasteiger charge is -2.05. The van der Waals surface area contributed by atoms with Gasteiger partial charge in [0.1, 0.15) is 5.75 Å². The first kappa shape index (κ1) is 9.21. The Bertz CT molecular complexity index is 343. The maximum absolute atomic E-state index is 5.18. The molecule has 1 aliphatic rings. The van der Waals surface area contributed by atoms with Crippen molar-refractivity contribution in [2.24, 2.45) is 0 Å². The summed E-state index contributed by atoms with van der Waals surface area (Å²) in [6, 6.07) is 4.03. The van der Waals surface area contributed by atoms with Gasteiger partial charge in [-0.25, -0.2) is 0 Å². The monoisotopic (exact) mass is 259 g/mol. The van der Waals surface area contributed by atoms with Crippen molar-refractivity contribution in [2.75, 3.05) is 12.4 Å². The number of hydrogen-bond donors (Lipinski definition) is 1. The molecule has 2 nitrogen and oxygen atoms in total. The average molecular weight is 260 g/mol. The normalized spacial score (nSPS) is 19.5. The maximum atomic E-state index is 5.18. The highest BCUT2D eigenvalue weighted by molar-refractivity contribution is 9.10. The smallest absolute Gasteiger partial charge is 0.121 e. The number of ether oxygens (including phenoxy) is 1. The van der Waals surface area contributed by atoms with Gasteiger partial charge in [0.05, 0.1) is 18.2 Å². The Balaban J connectivity index is 2.46. The van der Waals surface area contributed by atoms with Crippen molar-refractivity contribution in [3.05, 3.63) is 16.6 Å². The van der Waals surface area contributed by atoms with E-state index < -0.39 is 0 Å². The quantitative estimate of drug-likeness (QED) is 0.836. The van der Waals surface area contributed by atoms with Crippen LogP contribution in [-0.2, 0) is 0 Å². The van der Waals surface area contributed by atoms with Gasteiger partial charge in [-0.1, -0.05) is 11.8 Å². The van der Waals surface area contributed by atoms with E-state index in [0.29, 0.717) is 5.37 Å². The third-order valence-corrected chi connectivity index (χ3v) is 3.59. The van der Waals surface area contributed by atoms with Gasteiger partial charge in [0.2, 0.25) is 0 Å². The molecule has 1 N–H and O–H groups in total. The molecule has 0 spiro atoms.